The lowest BCUT2D eigenvalue weighted by atomic mass is 10.1. The predicted molar refractivity (Wildman–Crippen MR) is 92.5 cm³/mol. The highest BCUT2D eigenvalue weighted by Crippen LogP contribution is 2.18. The van der Waals surface area contributed by atoms with E-state index in [9.17, 15) is 4.79 Å². The highest BCUT2D eigenvalue weighted by molar-refractivity contribution is 7.07. The van der Waals surface area contributed by atoms with Gasteiger partial charge in [0.2, 0.25) is 5.91 Å². The molecule has 1 fully saturated rings. The number of aliphatic imine (C=N–C) groups is 1. The number of rotatable bonds is 8. The molecule has 1 heterocycles. The van der Waals surface area contributed by atoms with Crippen molar-refractivity contribution in [3.63, 3.8) is 0 Å². The first-order chi connectivity index (χ1) is 10.7. The summed E-state index contributed by atoms with van der Waals surface area (Å²) in [7, 11) is 1.77. The second-order valence-electron chi connectivity index (χ2n) is 5.78. The molecule has 1 aliphatic rings. The molecule has 1 aromatic heterocycles. The van der Waals surface area contributed by atoms with Gasteiger partial charge >= 0.3 is 0 Å². The third-order valence-electron chi connectivity index (χ3n) is 3.73. The maximum atomic E-state index is 11.6. The average Bonchev–Trinajstić information content (AvgIpc) is 3.15. The Morgan fingerprint density at radius 1 is 1.45 bits per heavy atom. The van der Waals surface area contributed by atoms with E-state index in [4.69, 9.17) is 0 Å². The summed E-state index contributed by atoms with van der Waals surface area (Å²) in [5.41, 5.74) is 1.35. The summed E-state index contributed by atoms with van der Waals surface area (Å²) in [6, 6.07) is 2.61. The zero-order valence-electron chi connectivity index (χ0n) is 13.4. The molecule has 0 bridgehead atoms. The van der Waals surface area contributed by atoms with Gasteiger partial charge in [0, 0.05) is 32.6 Å². The standard InChI is InChI=1S/C16H26N4OS/c1-12(13-7-9-22-11-13)10-19-16(17-2)18-8-3-4-15(21)20-14-5-6-14/h7,9,11-12,14H,3-6,8,10H2,1-2H3,(H,20,21)(H2,17,18,19). The third kappa shape index (κ3) is 6.05. The van der Waals surface area contributed by atoms with Crippen LogP contribution in [0.3, 0.4) is 0 Å². The summed E-state index contributed by atoms with van der Waals surface area (Å²) in [4.78, 5) is 15.8. The largest absolute Gasteiger partial charge is 0.356 e. The Balaban J connectivity index is 1.57. The third-order valence-corrected chi connectivity index (χ3v) is 4.43. The van der Waals surface area contributed by atoms with Crippen LogP contribution in [0.25, 0.3) is 0 Å². The summed E-state index contributed by atoms with van der Waals surface area (Å²) in [6.45, 7) is 3.80. The van der Waals surface area contributed by atoms with Crippen molar-refractivity contribution >= 4 is 23.2 Å². The molecule has 0 aromatic carbocycles. The summed E-state index contributed by atoms with van der Waals surface area (Å²) in [5, 5.41) is 13.9. The molecule has 1 atom stereocenters. The van der Waals surface area contributed by atoms with Crippen LogP contribution < -0.4 is 16.0 Å². The molecule has 0 radical (unpaired) electrons. The van der Waals surface area contributed by atoms with Crippen LogP contribution >= 0.6 is 11.3 Å². The monoisotopic (exact) mass is 322 g/mol. The summed E-state index contributed by atoms with van der Waals surface area (Å²) >= 11 is 1.72. The molecule has 22 heavy (non-hydrogen) atoms. The van der Waals surface area contributed by atoms with Crippen molar-refractivity contribution in [3.05, 3.63) is 22.4 Å². The first-order valence-corrected chi connectivity index (χ1v) is 8.89. The van der Waals surface area contributed by atoms with Crippen molar-refractivity contribution in [2.45, 2.75) is 44.6 Å². The van der Waals surface area contributed by atoms with E-state index in [0.29, 0.717) is 18.4 Å². The molecular formula is C16H26N4OS. The maximum Gasteiger partial charge on any atom is 0.220 e. The van der Waals surface area contributed by atoms with E-state index in [1.165, 1.54) is 5.56 Å². The van der Waals surface area contributed by atoms with Gasteiger partial charge in [-0.3, -0.25) is 9.79 Å². The number of nitrogens with zero attached hydrogens (tertiary/aromatic N) is 1. The molecule has 1 saturated carbocycles. The lowest BCUT2D eigenvalue weighted by Gasteiger charge is -2.15. The van der Waals surface area contributed by atoms with Gasteiger partial charge in [-0.15, -0.1) is 0 Å². The van der Waals surface area contributed by atoms with Crippen LogP contribution in [-0.4, -0.2) is 38.0 Å². The van der Waals surface area contributed by atoms with Crippen LogP contribution in [0.2, 0.25) is 0 Å². The molecule has 1 aliphatic carbocycles. The molecule has 0 aliphatic heterocycles. The molecule has 0 spiro atoms. The minimum absolute atomic E-state index is 0.165. The van der Waals surface area contributed by atoms with E-state index in [1.807, 2.05) is 0 Å². The molecule has 1 amide bonds. The molecule has 1 aromatic rings. The summed E-state index contributed by atoms with van der Waals surface area (Å²) in [5.74, 6) is 1.41. The Morgan fingerprint density at radius 2 is 2.27 bits per heavy atom. The number of thiophene rings is 1. The minimum Gasteiger partial charge on any atom is -0.356 e. The predicted octanol–water partition coefficient (Wildman–Crippen LogP) is 2.08. The highest BCUT2D eigenvalue weighted by Gasteiger charge is 2.22. The van der Waals surface area contributed by atoms with Crippen LogP contribution in [0.4, 0.5) is 0 Å². The van der Waals surface area contributed by atoms with E-state index in [2.05, 4.69) is 44.7 Å². The topological polar surface area (TPSA) is 65.5 Å². The van der Waals surface area contributed by atoms with Gasteiger partial charge in [0.1, 0.15) is 0 Å². The fraction of sp³-hybridized carbons (Fsp3) is 0.625. The summed E-state index contributed by atoms with van der Waals surface area (Å²) < 4.78 is 0. The molecule has 5 nitrogen and oxygen atoms in total. The van der Waals surface area contributed by atoms with Gasteiger partial charge in [-0.2, -0.15) is 11.3 Å². The number of amides is 1. The van der Waals surface area contributed by atoms with Gasteiger partial charge in [0.15, 0.2) is 5.96 Å². The van der Waals surface area contributed by atoms with Gasteiger partial charge in [0.25, 0.3) is 0 Å². The van der Waals surface area contributed by atoms with Gasteiger partial charge in [-0.25, -0.2) is 0 Å². The van der Waals surface area contributed by atoms with E-state index >= 15 is 0 Å². The lowest BCUT2D eigenvalue weighted by Crippen LogP contribution is -2.39. The zero-order valence-corrected chi connectivity index (χ0v) is 14.2. The maximum absolute atomic E-state index is 11.6. The van der Waals surface area contributed by atoms with Crippen molar-refractivity contribution in [3.8, 4) is 0 Å². The SMILES string of the molecule is CN=C(NCCCC(=O)NC1CC1)NCC(C)c1ccsc1. The van der Waals surface area contributed by atoms with Crippen LogP contribution in [0, 0.1) is 0 Å². The van der Waals surface area contributed by atoms with E-state index < -0.39 is 0 Å². The first-order valence-electron chi connectivity index (χ1n) is 7.95. The van der Waals surface area contributed by atoms with E-state index in [-0.39, 0.29) is 5.91 Å². The second kappa shape index (κ2) is 8.78. The Morgan fingerprint density at radius 3 is 2.91 bits per heavy atom. The number of hydrogen-bond acceptors (Lipinski definition) is 3. The number of hydrogen-bond donors (Lipinski definition) is 3. The second-order valence-corrected chi connectivity index (χ2v) is 6.56. The molecule has 3 N–H and O–H groups in total. The van der Waals surface area contributed by atoms with Crippen molar-refractivity contribution in [2.75, 3.05) is 20.1 Å². The summed E-state index contributed by atoms with van der Waals surface area (Å²) in [6.07, 6.45) is 3.68. The Hall–Kier alpha value is -1.56. The minimum atomic E-state index is 0.165. The molecule has 0 saturated heterocycles. The fourth-order valence-electron chi connectivity index (χ4n) is 2.13. The molecule has 1 unspecified atom stereocenters. The Kier molecular flexibility index (Phi) is 6.71. The van der Waals surface area contributed by atoms with E-state index in [0.717, 1.165) is 38.3 Å². The zero-order chi connectivity index (χ0) is 15.8. The first kappa shape index (κ1) is 16.8. The van der Waals surface area contributed by atoms with Crippen LogP contribution in [0.5, 0.6) is 0 Å². The molecular weight excluding hydrogens is 296 g/mol. The van der Waals surface area contributed by atoms with Crippen LogP contribution in [-0.2, 0) is 4.79 Å². The quantitative estimate of drug-likeness (QED) is 0.390. The normalized spacial score (nSPS) is 16.2. The smallest absolute Gasteiger partial charge is 0.220 e. The number of carbonyl (C=O) groups is 1. The molecule has 2 rings (SSSR count). The van der Waals surface area contributed by atoms with Gasteiger partial charge in [-0.1, -0.05) is 6.92 Å². The molecule has 6 heteroatoms. The highest BCUT2D eigenvalue weighted by atomic mass is 32.1. The number of guanidine groups is 1. The van der Waals surface area contributed by atoms with Gasteiger partial charge < -0.3 is 16.0 Å². The average molecular weight is 322 g/mol. The van der Waals surface area contributed by atoms with Gasteiger partial charge in [0.05, 0.1) is 0 Å². The van der Waals surface area contributed by atoms with Crippen molar-refractivity contribution in [1.82, 2.24) is 16.0 Å². The molecule has 122 valence electrons. The van der Waals surface area contributed by atoms with E-state index in [1.54, 1.807) is 18.4 Å². The van der Waals surface area contributed by atoms with Crippen LogP contribution in [0.15, 0.2) is 21.8 Å². The van der Waals surface area contributed by atoms with Crippen molar-refractivity contribution < 1.29 is 4.79 Å². The number of nitrogens with one attached hydrogen (secondary N) is 3. The van der Waals surface area contributed by atoms with Gasteiger partial charge in [-0.05, 0) is 47.6 Å². The van der Waals surface area contributed by atoms with Crippen molar-refractivity contribution in [2.24, 2.45) is 4.99 Å². The lowest BCUT2D eigenvalue weighted by molar-refractivity contribution is -0.121. The number of carbonyl (C=O) groups excluding carboxylic acids is 1. The fourth-order valence-corrected chi connectivity index (χ4v) is 2.91. The Bertz CT molecular complexity index is 482. The van der Waals surface area contributed by atoms with Crippen LogP contribution in [0.1, 0.15) is 44.1 Å². The Labute approximate surface area is 136 Å². The van der Waals surface area contributed by atoms with Crippen molar-refractivity contribution in [1.29, 1.82) is 0 Å².